The van der Waals surface area contributed by atoms with E-state index in [0.717, 1.165) is 16.7 Å². The second kappa shape index (κ2) is 14.8. The first kappa shape index (κ1) is 33.0. The van der Waals surface area contributed by atoms with Crippen LogP contribution in [-0.4, -0.2) is 67.8 Å². The van der Waals surface area contributed by atoms with Gasteiger partial charge in [-0.1, -0.05) is 30.3 Å². The summed E-state index contributed by atoms with van der Waals surface area (Å²) in [7, 11) is 1.68. The molecule has 8 nitrogen and oxygen atoms in total. The highest BCUT2D eigenvalue weighted by Gasteiger charge is 2.27. The number of carbonyl (C=O) groups is 2. The molecular weight excluding hydrogens is 544 g/mol. The zero-order chi connectivity index (χ0) is 26.3. The molecule has 1 aliphatic heterocycles. The van der Waals surface area contributed by atoms with Crippen LogP contribution >= 0.6 is 24.8 Å². The fourth-order valence-electron chi connectivity index (χ4n) is 3.95. The van der Waals surface area contributed by atoms with Gasteiger partial charge in [-0.3, -0.25) is 14.6 Å². The fraction of sp³-hybridized carbons (Fsp3) is 0.400. The molecule has 0 saturated carbocycles. The highest BCUT2D eigenvalue weighted by atomic mass is 35.5. The molecule has 0 bridgehead atoms. The fourth-order valence-corrected chi connectivity index (χ4v) is 3.95. The van der Waals surface area contributed by atoms with Crippen molar-refractivity contribution in [1.82, 2.24) is 20.7 Å². The van der Waals surface area contributed by atoms with E-state index < -0.39 is 18.6 Å². The number of hydrazine groups is 1. The number of alkyl halides is 3. The molecule has 3 rings (SSSR count). The van der Waals surface area contributed by atoms with E-state index in [-0.39, 0.29) is 56.9 Å². The van der Waals surface area contributed by atoms with E-state index in [2.05, 4.69) is 16.7 Å². The van der Waals surface area contributed by atoms with Crippen molar-refractivity contribution in [1.29, 1.82) is 5.26 Å². The molecule has 2 aromatic rings. The molecule has 2 aromatic carbocycles. The minimum Gasteiger partial charge on any atom is -0.353 e. The van der Waals surface area contributed by atoms with E-state index in [1.165, 1.54) is 5.01 Å². The van der Waals surface area contributed by atoms with Crippen LogP contribution in [0, 0.1) is 18.3 Å². The van der Waals surface area contributed by atoms with Crippen LogP contribution in [0.25, 0.3) is 0 Å². The Balaban J connectivity index is 0.00000361. The average Bonchev–Trinajstić information content (AvgIpc) is 3.27. The molecule has 38 heavy (non-hydrogen) atoms. The van der Waals surface area contributed by atoms with Crippen LogP contribution in [-0.2, 0) is 22.7 Å². The predicted molar refractivity (Wildman–Crippen MR) is 143 cm³/mol. The van der Waals surface area contributed by atoms with E-state index in [9.17, 15) is 28.0 Å². The monoisotopic (exact) mass is 574 g/mol. The van der Waals surface area contributed by atoms with Crippen molar-refractivity contribution in [3.63, 3.8) is 0 Å². The van der Waals surface area contributed by atoms with Crippen molar-refractivity contribution in [2.24, 2.45) is 0 Å². The van der Waals surface area contributed by atoms with E-state index in [1.807, 2.05) is 36.2 Å². The normalized spacial score (nSPS) is 12.4. The number of likely N-dealkylation sites (N-methyl/N-ethyl adjacent to an activating group) is 1. The molecule has 0 saturated heterocycles. The summed E-state index contributed by atoms with van der Waals surface area (Å²) < 4.78 is 36.8. The summed E-state index contributed by atoms with van der Waals surface area (Å²) in [5.74, 6) is -0.696. The van der Waals surface area contributed by atoms with E-state index in [1.54, 1.807) is 30.1 Å². The summed E-state index contributed by atoms with van der Waals surface area (Å²) in [4.78, 5) is 27.4. The van der Waals surface area contributed by atoms with Crippen molar-refractivity contribution < 1.29 is 22.8 Å². The van der Waals surface area contributed by atoms with Crippen LogP contribution < -0.4 is 15.5 Å². The van der Waals surface area contributed by atoms with Gasteiger partial charge in [0, 0.05) is 38.9 Å². The smallest absolute Gasteiger partial charge is 0.353 e. The number of nitriles is 1. The highest BCUT2D eigenvalue weighted by Crippen LogP contribution is 2.25. The summed E-state index contributed by atoms with van der Waals surface area (Å²) in [6, 6.07) is 15.0. The van der Waals surface area contributed by atoms with Gasteiger partial charge in [0.15, 0.2) is 0 Å². The lowest BCUT2D eigenvalue weighted by molar-refractivity contribution is -0.145. The van der Waals surface area contributed by atoms with Crippen molar-refractivity contribution in [2.45, 2.75) is 26.2 Å². The number of nitrogens with one attached hydrogen (secondary N) is 2. The van der Waals surface area contributed by atoms with Gasteiger partial charge in [0.05, 0.1) is 31.3 Å². The van der Waals surface area contributed by atoms with Gasteiger partial charge in [-0.25, -0.2) is 5.01 Å². The van der Waals surface area contributed by atoms with Crippen LogP contribution in [0.3, 0.4) is 0 Å². The number of hydrogen-bond acceptors (Lipinski definition) is 6. The molecule has 0 fully saturated rings. The summed E-state index contributed by atoms with van der Waals surface area (Å²) in [6.07, 6.45) is -4.33. The topological polar surface area (TPSA) is 91.7 Å². The van der Waals surface area contributed by atoms with Gasteiger partial charge in [0.2, 0.25) is 5.91 Å². The number of halogens is 5. The largest absolute Gasteiger partial charge is 0.401 e. The molecule has 1 heterocycles. The van der Waals surface area contributed by atoms with Gasteiger partial charge < -0.3 is 15.5 Å². The van der Waals surface area contributed by atoms with Gasteiger partial charge in [0.1, 0.15) is 0 Å². The number of rotatable bonds is 10. The van der Waals surface area contributed by atoms with Crippen LogP contribution in [0.2, 0.25) is 0 Å². The Kier molecular flexibility index (Phi) is 12.8. The summed E-state index contributed by atoms with van der Waals surface area (Å²) in [6.45, 7) is 1.47. The quantitative estimate of drug-likeness (QED) is 0.423. The molecule has 2 amide bonds. The molecule has 0 unspecified atom stereocenters. The zero-order valence-electron chi connectivity index (χ0n) is 21.0. The number of carbonyl (C=O) groups excluding carboxylic acids is 2. The number of amides is 2. The maximum atomic E-state index is 13.2. The molecule has 0 aliphatic carbocycles. The van der Waals surface area contributed by atoms with E-state index >= 15 is 0 Å². The first-order valence-electron chi connectivity index (χ1n) is 11.5. The molecule has 0 atom stereocenters. The van der Waals surface area contributed by atoms with E-state index in [0.29, 0.717) is 24.3 Å². The summed E-state index contributed by atoms with van der Waals surface area (Å²) >= 11 is 0. The lowest BCUT2D eigenvalue weighted by Crippen LogP contribution is -2.48. The number of fused-ring (bicyclic) bond motifs is 1. The molecule has 0 radical (unpaired) electrons. The Morgan fingerprint density at radius 3 is 2.26 bits per heavy atom. The van der Waals surface area contributed by atoms with Gasteiger partial charge >= 0.3 is 6.18 Å². The van der Waals surface area contributed by atoms with Crippen LogP contribution in [0.4, 0.5) is 18.9 Å². The second-order valence-electron chi connectivity index (χ2n) is 8.62. The molecular formula is C25H31Cl2F3N6O2. The van der Waals surface area contributed by atoms with Gasteiger partial charge in [-0.2, -0.15) is 18.4 Å². The van der Waals surface area contributed by atoms with Crippen molar-refractivity contribution in [2.75, 3.05) is 44.7 Å². The third-order valence-electron chi connectivity index (χ3n) is 5.90. The molecule has 0 spiro atoms. The maximum absolute atomic E-state index is 13.2. The molecule has 1 aliphatic rings. The summed E-state index contributed by atoms with van der Waals surface area (Å²) in [5.41, 5.74) is 4.01. The third kappa shape index (κ3) is 9.36. The Labute approximate surface area is 232 Å². The van der Waals surface area contributed by atoms with Crippen molar-refractivity contribution in [3.05, 3.63) is 64.7 Å². The number of anilines is 1. The predicted octanol–water partition coefficient (Wildman–Crippen LogP) is 3.17. The average molecular weight is 575 g/mol. The van der Waals surface area contributed by atoms with Gasteiger partial charge in [-0.05, 0) is 35.7 Å². The van der Waals surface area contributed by atoms with Crippen LogP contribution in [0.1, 0.15) is 22.3 Å². The number of benzene rings is 2. The molecule has 0 aromatic heterocycles. The van der Waals surface area contributed by atoms with Crippen molar-refractivity contribution in [3.8, 4) is 6.07 Å². The minimum atomic E-state index is -4.33. The van der Waals surface area contributed by atoms with Crippen molar-refractivity contribution >= 4 is 42.3 Å². The number of aryl methyl sites for hydroxylation is 1. The first-order chi connectivity index (χ1) is 17.1. The Hall–Kier alpha value is -3.04. The Bertz CT molecular complexity index is 1120. The lowest BCUT2D eigenvalue weighted by Gasteiger charge is -2.32. The molecule has 208 valence electrons. The maximum Gasteiger partial charge on any atom is 0.401 e. The second-order valence-corrected chi connectivity index (χ2v) is 8.62. The Morgan fingerprint density at radius 2 is 1.68 bits per heavy atom. The first-order valence-corrected chi connectivity index (χ1v) is 11.5. The standard InChI is InChI=1S/C25H29F3N6O2.2ClH/c1-18-7-8-19(12-29)11-22(18)33(15-23(35)31-10-9-30-17-25(26,27)28)16-24(36)32(2)34-13-20-5-3-4-6-21(20)14-34;;/h3-8,11,30H,9-10,13-17H2,1-2H3,(H,31,35);2*1H. The Morgan fingerprint density at radius 1 is 1.05 bits per heavy atom. The van der Waals surface area contributed by atoms with E-state index in [4.69, 9.17) is 0 Å². The van der Waals surface area contributed by atoms with Crippen LogP contribution in [0.5, 0.6) is 0 Å². The number of hydrogen-bond donors (Lipinski definition) is 2. The minimum absolute atomic E-state index is 0. The zero-order valence-corrected chi connectivity index (χ0v) is 22.7. The van der Waals surface area contributed by atoms with Gasteiger partial charge in [0.25, 0.3) is 5.91 Å². The molecule has 2 N–H and O–H groups in total. The highest BCUT2D eigenvalue weighted by molar-refractivity contribution is 5.87. The summed E-state index contributed by atoms with van der Waals surface area (Å²) in [5, 5.41) is 17.6. The van der Waals surface area contributed by atoms with Crippen LogP contribution in [0.15, 0.2) is 42.5 Å². The molecule has 13 heteroatoms. The lowest BCUT2D eigenvalue weighted by atomic mass is 10.1. The third-order valence-corrected chi connectivity index (χ3v) is 5.90. The number of nitrogens with zero attached hydrogens (tertiary/aromatic N) is 4. The van der Waals surface area contributed by atoms with Gasteiger partial charge in [-0.15, -0.1) is 24.8 Å². The SMILES string of the molecule is Cc1ccc(C#N)cc1N(CC(=O)NCCNCC(F)(F)F)CC(=O)N(C)N1Cc2ccccc2C1.Cl.Cl.